The van der Waals surface area contributed by atoms with E-state index in [1.165, 1.54) is 0 Å². The maximum absolute atomic E-state index is 13.4. The maximum Gasteiger partial charge on any atom is 0.249 e. The number of ether oxygens (including phenoxy) is 2. The molecule has 1 saturated carbocycles. The number of rotatable bonds is 7. The van der Waals surface area contributed by atoms with Crippen molar-refractivity contribution in [2.75, 3.05) is 37.1 Å². The summed E-state index contributed by atoms with van der Waals surface area (Å²) in [5, 5.41) is 0. The van der Waals surface area contributed by atoms with Crippen molar-refractivity contribution >= 4 is 17.4 Å². The average Bonchev–Trinajstić information content (AvgIpc) is 2.74. The number of aromatic nitrogens is 2. The van der Waals surface area contributed by atoms with E-state index >= 15 is 0 Å². The largest absolute Gasteiger partial charge is 0.490 e. The van der Waals surface area contributed by atoms with E-state index in [2.05, 4.69) is 4.98 Å². The lowest BCUT2D eigenvalue weighted by atomic mass is 9.80. The van der Waals surface area contributed by atoms with Crippen molar-refractivity contribution in [2.24, 2.45) is 5.92 Å². The van der Waals surface area contributed by atoms with Crippen molar-refractivity contribution in [2.45, 2.75) is 45.3 Å². The predicted octanol–water partition coefficient (Wildman–Crippen LogP) is 3.42. The maximum atomic E-state index is 13.4. The number of benzene rings is 1. The van der Waals surface area contributed by atoms with Gasteiger partial charge < -0.3 is 19.3 Å². The van der Waals surface area contributed by atoms with Crippen molar-refractivity contribution in [3.05, 3.63) is 41.1 Å². The Balaban J connectivity index is 1.44. The predicted molar refractivity (Wildman–Crippen MR) is 116 cm³/mol. The Morgan fingerprint density at radius 1 is 1.15 bits per heavy atom. The molecule has 2 heterocycles. The quantitative estimate of drug-likeness (QED) is 0.585. The zero-order chi connectivity index (χ0) is 23.9. The van der Waals surface area contributed by atoms with Crippen LogP contribution in [0.2, 0.25) is 0 Å². The van der Waals surface area contributed by atoms with Crippen molar-refractivity contribution in [1.29, 1.82) is 0 Å². The molecule has 1 aromatic carbocycles. The Morgan fingerprint density at radius 3 is 2.45 bits per heavy atom. The fourth-order valence-electron chi connectivity index (χ4n) is 4.34. The average molecular weight is 464 g/mol. The summed E-state index contributed by atoms with van der Waals surface area (Å²) in [7, 11) is 3.44. The first-order valence-corrected chi connectivity index (χ1v) is 10.9. The molecule has 0 unspecified atom stereocenters. The van der Waals surface area contributed by atoms with Crippen LogP contribution in [0.25, 0.3) is 0 Å². The summed E-state index contributed by atoms with van der Waals surface area (Å²) in [4.78, 5) is 25.8. The third-order valence-electron chi connectivity index (χ3n) is 6.34. The van der Waals surface area contributed by atoms with Crippen LogP contribution in [-0.4, -0.2) is 55.3 Å². The Morgan fingerprint density at radius 2 is 1.82 bits per heavy atom. The number of hydrogen-bond donors (Lipinski definition) is 0. The number of halogens is 3. The van der Waals surface area contributed by atoms with Gasteiger partial charge in [0.2, 0.25) is 5.91 Å². The fraction of sp³-hybridized carbons (Fsp3) is 0.522. The second-order valence-electron chi connectivity index (χ2n) is 8.65. The molecule has 0 saturated heterocycles. The minimum Gasteiger partial charge on any atom is -0.490 e. The van der Waals surface area contributed by atoms with Gasteiger partial charge in [0.15, 0.2) is 23.3 Å². The summed E-state index contributed by atoms with van der Waals surface area (Å²) in [6.45, 7) is 4.55. The second kappa shape index (κ2) is 9.17. The molecule has 10 heteroatoms. The molecule has 1 aliphatic carbocycles. The van der Waals surface area contributed by atoms with Crippen LogP contribution < -0.4 is 14.5 Å². The Hall–Kier alpha value is -2.88. The lowest BCUT2D eigenvalue weighted by Gasteiger charge is -2.40. The van der Waals surface area contributed by atoms with Gasteiger partial charge in [-0.15, -0.1) is 0 Å². The number of hydrogen-bond acceptors (Lipinski definition) is 6. The summed E-state index contributed by atoms with van der Waals surface area (Å²) in [6.07, 6.45) is 1.76. The summed E-state index contributed by atoms with van der Waals surface area (Å²) in [6, 6.07) is 1.36. The van der Waals surface area contributed by atoms with Gasteiger partial charge in [0.05, 0.1) is 18.4 Å². The van der Waals surface area contributed by atoms with Crippen molar-refractivity contribution in [1.82, 2.24) is 9.97 Å². The molecule has 4 rings (SSSR count). The molecular formula is C23H27F3N4O3. The molecule has 1 fully saturated rings. The van der Waals surface area contributed by atoms with Crippen molar-refractivity contribution < 1.29 is 27.4 Å². The molecule has 2 aromatic rings. The van der Waals surface area contributed by atoms with Crippen LogP contribution in [0.5, 0.6) is 5.75 Å². The minimum absolute atomic E-state index is 0.0193. The normalized spacial score (nSPS) is 22.3. The first kappa shape index (κ1) is 23.3. The van der Waals surface area contributed by atoms with Gasteiger partial charge in [-0.2, -0.15) is 0 Å². The van der Waals surface area contributed by atoms with Gasteiger partial charge in [-0.1, -0.05) is 0 Å². The number of carbonyl (C=O) groups excluding carboxylic acids is 1. The molecule has 33 heavy (non-hydrogen) atoms. The molecule has 1 aromatic heterocycles. The van der Waals surface area contributed by atoms with Crippen LogP contribution in [0.3, 0.4) is 0 Å². The number of anilines is 2. The number of amides is 1. The smallest absolute Gasteiger partial charge is 0.249 e. The van der Waals surface area contributed by atoms with Gasteiger partial charge >= 0.3 is 0 Å². The highest BCUT2D eigenvalue weighted by atomic mass is 19.2. The first-order chi connectivity index (χ1) is 15.7. The molecule has 7 nitrogen and oxygen atoms in total. The standard InChI is InChI=1S/C23H27F3N4O3/c1-12-21-22(29(3)13(2)23(31)30(21)5-6-32-4)28-19(27-12)9-14-7-15(8-14)33-16-10-17(24)20(26)18(25)11-16/h10-11,13-15H,5-9H2,1-4H3/t13-,14?,15?/m0/s1. The highest BCUT2D eigenvalue weighted by Gasteiger charge is 2.37. The summed E-state index contributed by atoms with van der Waals surface area (Å²) >= 11 is 0. The SMILES string of the molecule is COCCN1C(=O)[C@H](C)N(C)c2nc(CC3CC(Oc4cc(F)c(F)c(F)c4)C3)nc(C)c21. The van der Waals surface area contributed by atoms with E-state index in [0.29, 0.717) is 49.7 Å². The zero-order valence-electron chi connectivity index (χ0n) is 19.1. The molecule has 0 bridgehead atoms. The van der Waals surface area contributed by atoms with Gasteiger partial charge in [-0.25, -0.2) is 23.1 Å². The topological polar surface area (TPSA) is 67.8 Å². The zero-order valence-corrected chi connectivity index (χ0v) is 19.1. The number of methoxy groups -OCH3 is 1. The van der Waals surface area contributed by atoms with Gasteiger partial charge in [-0.05, 0) is 32.6 Å². The summed E-state index contributed by atoms with van der Waals surface area (Å²) in [5.41, 5.74) is 1.43. The van der Waals surface area contributed by atoms with E-state index in [1.807, 2.05) is 25.8 Å². The third kappa shape index (κ3) is 4.48. The molecule has 1 atom stereocenters. The molecular weight excluding hydrogens is 437 g/mol. The van der Waals surface area contributed by atoms with Crippen LogP contribution >= 0.6 is 0 Å². The van der Waals surface area contributed by atoms with Gasteiger partial charge in [0, 0.05) is 39.3 Å². The monoisotopic (exact) mass is 464 g/mol. The van der Waals surface area contributed by atoms with Crippen molar-refractivity contribution in [3.63, 3.8) is 0 Å². The molecule has 1 amide bonds. The van der Waals surface area contributed by atoms with Crippen LogP contribution in [0.15, 0.2) is 12.1 Å². The van der Waals surface area contributed by atoms with E-state index in [-0.39, 0.29) is 29.7 Å². The second-order valence-corrected chi connectivity index (χ2v) is 8.65. The Kier molecular flexibility index (Phi) is 6.47. The van der Waals surface area contributed by atoms with Crippen LogP contribution in [-0.2, 0) is 16.0 Å². The summed E-state index contributed by atoms with van der Waals surface area (Å²) in [5.74, 6) is -2.44. The van der Waals surface area contributed by atoms with Crippen LogP contribution in [0.4, 0.5) is 24.7 Å². The molecule has 2 aliphatic rings. The summed E-state index contributed by atoms with van der Waals surface area (Å²) < 4.78 is 50.6. The molecule has 0 radical (unpaired) electrons. The fourth-order valence-corrected chi connectivity index (χ4v) is 4.34. The van der Waals surface area contributed by atoms with E-state index in [4.69, 9.17) is 14.5 Å². The Bertz CT molecular complexity index is 1040. The number of fused-ring (bicyclic) bond motifs is 1. The lowest BCUT2D eigenvalue weighted by molar-refractivity contribution is -0.120. The molecule has 0 spiro atoms. The number of likely N-dealkylation sites (N-methyl/N-ethyl adjacent to an activating group) is 1. The molecule has 178 valence electrons. The third-order valence-corrected chi connectivity index (χ3v) is 6.34. The number of nitrogens with zero attached hydrogens (tertiary/aromatic N) is 4. The Labute approximate surface area is 190 Å². The van der Waals surface area contributed by atoms with Crippen LogP contribution in [0.1, 0.15) is 31.3 Å². The molecule has 0 N–H and O–H groups in total. The number of carbonyl (C=O) groups is 1. The highest BCUT2D eigenvalue weighted by Crippen LogP contribution is 2.38. The number of aryl methyl sites for hydroxylation is 1. The van der Waals surface area contributed by atoms with E-state index in [0.717, 1.165) is 17.8 Å². The van der Waals surface area contributed by atoms with E-state index in [9.17, 15) is 18.0 Å². The lowest BCUT2D eigenvalue weighted by Crippen LogP contribution is -2.52. The first-order valence-electron chi connectivity index (χ1n) is 10.9. The minimum atomic E-state index is -1.50. The highest BCUT2D eigenvalue weighted by molar-refractivity contribution is 6.05. The van der Waals surface area contributed by atoms with Gasteiger partial charge in [0.1, 0.15) is 23.3 Å². The van der Waals surface area contributed by atoms with E-state index in [1.54, 1.807) is 12.0 Å². The van der Waals surface area contributed by atoms with Crippen LogP contribution in [0, 0.1) is 30.3 Å². The van der Waals surface area contributed by atoms with E-state index < -0.39 is 17.5 Å². The molecule has 1 aliphatic heterocycles. The van der Waals surface area contributed by atoms with Crippen molar-refractivity contribution in [3.8, 4) is 5.75 Å². The van der Waals surface area contributed by atoms with Gasteiger partial charge in [-0.3, -0.25) is 4.79 Å². The van der Waals surface area contributed by atoms with Gasteiger partial charge in [0.25, 0.3) is 0 Å².